The van der Waals surface area contributed by atoms with Crippen molar-refractivity contribution in [2.75, 3.05) is 19.0 Å². The second-order valence-corrected chi connectivity index (χ2v) is 11.2. The second kappa shape index (κ2) is 12.3. The van der Waals surface area contributed by atoms with Crippen LogP contribution in [0.1, 0.15) is 44.8 Å². The molecular weight excluding hydrogens is 527 g/mol. The predicted octanol–water partition coefficient (Wildman–Crippen LogP) is 5.45. The molecule has 4 rings (SSSR count). The van der Waals surface area contributed by atoms with E-state index >= 15 is 0 Å². The highest BCUT2D eigenvalue weighted by Crippen LogP contribution is 2.33. The van der Waals surface area contributed by atoms with Gasteiger partial charge >= 0.3 is 5.97 Å². The number of methoxy groups -OCH3 is 1. The van der Waals surface area contributed by atoms with Crippen LogP contribution in [-0.2, 0) is 20.7 Å². The monoisotopic (exact) mass is 551 g/mol. The number of aromatic nitrogens is 1. The highest BCUT2D eigenvalue weighted by molar-refractivity contribution is 8.26. The molecule has 0 radical (unpaired) electrons. The largest absolute Gasteiger partial charge is 0.465 e. The van der Waals surface area contributed by atoms with Crippen molar-refractivity contribution in [3.63, 3.8) is 0 Å². The number of thioether (sulfide) groups is 1. The van der Waals surface area contributed by atoms with E-state index in [1.54, 1.807) is 36.5 Å². The molecule has 1 N–H and O–H groups in total. The van der Waals surface area contributed by atoms with Crippen LogP contribution in [0.5, 0.6) is 0 Å². The first kappa shape index (κ1) is 26.7. The fraction of sp³-hybridized carbons (Fsp3) is 0.222. The van der Waals surface area contributed by atoms with Crippen LogP contribution in [-0.4, -0.2) is 45.6 Å². The molecule has 37 heavy (non-hydrogen) atoms. The van der Waals surface area contributed by atoms with Gasteiger partial charge in [0, 0.05) is 30.5 Å². The van der Waals surface area contributed by atoms with Gasteiger partial charge in [-0.1, -0.05) is 65.9 Å². The molecule has 0 saturated carbocycles. The summed E-state index contributed by atoms with van der Waals surface area (Å²) in [5.74, 6) is -0.754. The number of aryl methyl sites for hydroxylation is 1. The molecule has 1 aromatic heterocycles. The van der Waals surface area contributed by atoms with E-state index in [1.807, 2.05) is 6.07 Å². The maximum Gasteiger partial charge on any atom is 0.337 e. The Kier molecular flexibility index (Phi) is 8.86. The number of carbonyl (C=O) groups excluding carboxylic acids is 3. The lowest BCUT2D eigenvalue weighted by molar-refractivity contribution is -0.122. The highest BCUT2D eigenvalue weighted by atomic mass is 32.2. The molecule has 0 unspecified atom stereocenters. The molecule has 7 nitrogen and oxygen atoms in total. The summed E-state index contributed by atoms with van der Waals surface area (Å²) in [6.45, 7) is 2.42. The molecule has 3 aromatic rings. The lowest BCUT2D eigenvalue weighted by Gasteiger charge is -2.13. The van der Waals surface area contributed by atoms with Crippen LogP contribution >= 0.6 is 35.3 Å². The highest BCUT2D eigenvalue weighted by Gasteiger charge is 2.31. The van der Waals surface area contributed by atoms with Crippen molar-refractivity contribution in [2.45, 2.75) is 26.2 Å². The Bertz CT molecular complexity index is 1370. The lowest BCUT2D eigenvalue weighted by atomic mass is 10.1. The molecule has 2 amide bonds. The zero-order valence-corrected chi connectivity index (χ0v) is 22.8. The van der Waals surface area contributed by atoms with Gasteiger partial charge in [-0.15, -0.1) is 11.3 Å². The summed E-state index contributed by atoms with van der Waals surface area (Å²) in [6.07, 6.45) is 5.02. The Hall–Kier alpha value is -3.34. The van der Waals surface area contributed by atoms with Crippen LogP contribution in [0.4, 0.5) is 5.13 Å². The SMILES string of the molecule is COC(=O)c1ccc(C=C2SC(=S)N(CCCC(=O)Nc3ncc(Cc4cccc(C)c4)s3)C2=O)cc1. The number of hydrogen-bond donors (Lipinski definition) is 1. The third-order valence-corrected chi connectivity index (χ3v) is 7.84. The zero-order chi connectivity index (χ0) is 26.4. The van der Waals surface area contributed by atoms with Crippen LogP contribution in [0.25, 0.3) is 6.08 Å². The fourth-order valence-electron chi connectivity index (χ4n) is 3.73. The van der Waals surface area contributed by atoms with Crippen LogP contribution in [0, 0.1) is 6.92 Å². The number of rotatable bonds is 9. The number of thiazole rings is 1. The minimum absolute atomic E-state index is 0.150. The number of esters is 1. The number of amides is 2. The summed E-state index contributed by atoms with van der Waals surface area (Å²) in [5, 5.41) is 3.42. The van der Waals surface area contributed by atoms with Gasteiger partial charge in [0.15, 0.2) is 5.13 Å². The van der Waals surface area contributed by atoms with Crippen LogP contribution in [0.3, 0.4) is 0 Å². The van der Waals surface area contributed by atoms with E-state index in [1.165, 1.54) is 46.2 Å². The number of nitrogens with one attached hydrogen (secondary N) is 1. The molecule has 0 atom stereocenters. The van der Waals surface area contributed by atoms with E-state index in [4.69, 9.17) is 17.0 Å². The van der Waals surface area contributed by atoms with Crippen molar-refractivity contribution < 1.29 is 19.1 Å². The second-order valence-electron chi connectivity index (χ2n) is 8.40. The predicted molar refractivity (Wildman–Crippen MR) is 152 cm³/mol. The van der Waals surface area contributed by atoms with Gasteiger partial charge in [0.1, 0.15) is 4.32 Å². The van der Waals surface area contributed by atoms with E-state index in [0.717, 1.165) is 16.9 Å². The van der Waals surface area contributed by atoms with Gasteiger partial charge in [-0.05, 0) is 42.7 Å². The molecule has 190 valence electrons. The normalized spacial score (nSPS) is 14.3. The van der Waals surface area contributed by atoms with Crippen molar-refractivity contribution in [1.82, 2.24) is 9.88 Å². The van der Waals surface area contributed by atoms with Gasteiger partial charge in [-0.3, -0.25) is 14.5 Å². The molecule has 2 aromatic carbocycles. The van der Waals surface area contributed by atoms with Crippen LogP contribution in [0.15, 0.2) is 59.6 Å². The van der Waals surface area contributed by atoms with Crippen LogP contribution in [0.2, 0.25) is 0 Å². The van der Waals surface area contributed by atoms with E-state index in [-0.39, 0.29) is 18.2 Å². The molecule has 2 heterocycles. The smallest absolute Gasteiger partial charge is 0.337 e. The van der Waals surface area contributed by atoms with Crippen molar-refractivity contribution in [3.05, 3.63) is 86.8 Å². The Morgan fingerprint density at radius 2 is 1.97 bits per heavy atom. The van der Waals surface area contributed by atoms with E-state index in [9.17, 15) is 14.4 Å². The standard InChI is InChI=1S/C27H25N3O4S3/c1-17-5-3-6-19(13-17)14-21-16-28-26(36-21)29-23(31)7-4-12-30-24(32)22(37-27(30)35)15-18-8-10-20(11-9-18)25(33)34-2/h3,5-6,8-11,13,15-16H,4,7,12,14H2,1-2H3,(H,28,29,31). The van der Waals surface area contributed by atoms with Gasteiger partial charge < -0.3 is 10.1 Å². The Balaban J connectivity index is 1.26. The Labute approximate surface area is 228 Å². The van der Waals surface area contributed by atoms with Gasteiger partial charge in [0.25, 0.3) is 5.91 Å². The maximum atomic E-state index is 12.8. The molecule has 1 aliphatic rings. The number of nitrogens with zero attached hydrogens (tertiary/aromatic N) is 2. The average Bonchev–Trinajstić information content (AvgIpc) is 3.42. The quantitative estimate of drug-likeness (QED) is 0.215. The number of hydrogen-bond acceptors (Lipinski definition) is 8. The topological polar surface area (TPSA) is 88.6 Å². The summed E-state index contributed by atoms with van der Waals surface area (Å²) < 4.78 is 5.16. The van der Waals surface area contributed by atoms with Crippen molar-refractivity contribution in [1.29, 1.82) is 0 Å². The summed E-state index contributed by atoms with van der Waals surface area (Å²) in [7, 11) is 1.33. The maximum absolute atomic E-state index is 12.8. The van der Waals surface area contributed by atoms with Gasteiger partial charge in [-0.25, -0.2) is 9.78 Å². The number of carbonyl (C=O) groups is 3. The lowest BCUT2D eigenvalue weighted by Crippen LogP contribution is -2.29. The van der Waals surface area contributed by atoms with E-state index in [0.29, 0.717) is 32.9 Å². The number of benzene rings is 2. The average molecular weight is 552 g/mol. The van der Waals surface area contributed by atoms with Gasteiger partial charge in [-0.2, -0.15) is 0 Å². The molecule has 1 fully saturated rings. The minimum Gasteiger partial charge on any atom is -0.465 e. The molecule has 0 aliphatic carbocycles. The third kappa shape index (κ3) is 7.12. The Morgan fingerprint density at radius 1 is 1.19 bits per heavy atom. The van der Waals surface area contributed by atoms with Crippen molar-refractivity contribution in [2.24, 2.45) is 0 Å². The number of anilines is 1. The van der Waals surface area contributed by atoms with Crippen LogP contribution < -0.4 is 5.32 Å². The fourth-order valence-corrected chi connectivity index (χ4v) is 5.90. The Morgan fingerprint density at radius 3 is 2.70 bits per heavy atom. The van der Waals surface area contributed by atoms with Crippen molar-refractivity contribution in [3.8, 4) is 0 Å². The summed E-state index contributed by atoms with van der Waals surface area (Å²) in [5.41, 5.74) is 3.63. The molecule has 10 heteroatoms. The molecule has 1 aliphatic heterocycles. The van der Waals surface area contributed by atoms with Gasteiger partial charge in [0.2, 0.25) is 5.91 Å². The first-order valence-electron chi connectivity index (χ1n) is 11.6. The van der Waals surface area contributed by atoms with Crippen molar-refractivity contribution >= 4 is 68.6 Å². The molecule has 0 bridgehead atoms. The molecule has 0 spiro atoms. The van der Waals surface area contributed by atoms with E-state index in [2.05, 4.69) is 35.4 Å². The molecule has 1 saturated heterocycles. The summed E-state index contributed by atoms with van der Waals surface area (Å²) >= 11 is 8.07. The zero-order valence-electron chi connectivity index (χ0n) is 20.4. The number of thiocarbonyl (C=S) groups is 1. The summed E-state index contributed by atoms with van der Waals surface area (Å²) in [4.78, 5) is 44.3. The van der Waals surface area contributed by atoms with Gasteiger partial charge in [0.05, 0.1) is 17.6 Å². The van der Waals surface area contributed by atoms with E-state index < -0.39 is 5.97 Å². The molecular formula is C27H25N3O4S3. The summed E-state index contributed by atoms with van der Waals surface area (Å²) in [6, 6.07) is 15.1. The first-order valence-corrected chi connectivity index (χ1v) is 13.6. The number of ether oxygens (including phenoxy) is 1. The third-order valence-electron chi connectivity index (χ3n) is 5.55. The first-order chi connectivity index (χ1) is 17.8. The minimum atomic E-state index is -0.417.